The van der Waals surface area contributed by atoms with Crippen molar-refractivity contribution in [3.63, 3.8) is 0 Å². The van der Waals surface area contributed by atoms with E-state index in [1.807, 2.05) is 12.1 Å². The maximum atomic E-state index is 5.81. The van der Waals surface area contributed by atoms with Gasteiger partial charge in [-0.1, -0.05) is 36.4 Å². The standard InChI is InChI=1S/C15H16ClN/c1-12-5-2-3-7-14(12)11-17-15-8-4-6-13(9-15)10-16/h2-9,17H,10-11H2,1H3. The molecule has 0 aliphatic rings. The molecule has 17 heavy (non-hydrogen) atoms. The SMILES string of the molecule is Cc1ccccc1CNc1cccc(CCl)c1. The van der Waals surface area contributed by atoms with Crippen LogP contribution in [0, 0.1) is 6.92 Å². The topological polar surface area (TPSA) is 12.0 Å². The second-order valence-corrected chi connectivity index (χ2v) is 4.38. The highest BCUT2D eigenvalue weighted by molar-refractivity contribution is 6.17. The van der Waals surface area contributed by atoms with Crippen molar-refractivity contribution in [1.29, 1.82) is 0 Å². The number of benzene rings is 2. The fourth-order valence-electron chi connectivity index (χ4n) is 1.77. The lowest BCUT2D eigenvalue weighted by atomic mass is 10.1. The Balaban J connectivity index is 2.05. The van der Waals surface area contributed by atoms with E-state index in [4.69, 9.17) is 11.6 Å². The molecule has 0 amide bonds. The predicted molar refractivity (Wildman–Crippen MR) is 74.5 cm³/mol. The van der Waals surface area contributed by atoms with Gasteiger partial charge in [-0.3, -0.25) is 0 Å². The number of aryl methyl sites for hydroxylation is 1. The van der Waals surface area contributed by atoms with Gasteiger partial charge in [0.1, 0.15) is 0 Å². The van der Waals surface area contributed by atoms with Gasteiger partial charge in [0.15, 0.2) is 0 Å². The molecule has 0 aromatic heterocycles. The predicted octanol–water partition coefficient (Wildman–Crippen LogP) is 4.35. The monoisotopic (exact) mass is 245 g/mol. The summed E-state index contributed by atoms with van der Waals surface area (Å²) in [6.45, 7) is 2.98. The van der Waals surface area contributed by atoms with Crippen molar-refractivity contribution in [2.75, 3.05) is 5.32 Å². The van der Waals surface area contributed by atoms with E-state index in [2.05, 4.69) is 48.6 Å². The molecule has 0 fully saturated rings. The molecule has 0 saturated carbocycles. The van der Waals surface area contributed by atoms with Gasteiger partial charge in [0.2, 0.25) is 0 Å². The summed E-state index contributed by atoms with van der Waals surface area (Å²) in [4.78, 5) is 0. The lowest BCUT2D eigenvalue weighted by Gasteiger charge is -2.09. The minimum Gasteiger partial charge on any atom is -0.381 e. The molecule has 0 heterocycles. The normalized spacial score (nSPS) is 10.2. The summed E-state index contributed by atoms with van der Waals surface area (Å²) in [6, 6.07) is 16.6. The molecule has 0 aliphatic carbocycles. The Bertz CT molecular complexity index is 494. The maximum absolute atomic E-state index is 5.81. The first-order valence-electron chi connectivity index (χ1n) is 5.73. The zero-order chi connectivity index (χ0) is 12.1. The summed E-state index contributed by atoms with van der Waals surface area (Å²) in [7, 11) is 0. The third-order valence-electron chi connectivity index (χ3n) is 2.83. The van der Waals surface area contributed by atoms with Crippen LogP contribution < -0.4 is 5.32 Å². The number of hydrogen-bond acceptors (Lipinski definition) is 1. The smallest absolute Gasteiger partial charge is 0.0474 e. The molecule has 2 aromatic rings. The molecule has 0 unspecified atom stereocenters. The first-order chi connectivity index (χ1) is 8.29. The van der Waals surface area contributed by atoms with Gasteiger partial charge in [0.05, 0.1) is 0 Å². The van der Waals surface area contributed by atoms with Crippen LogP contribution >= 0.6 is 11.6 Å². The number of anilines is 1. The van der Waals surface area contributed by atoms with Crippen molar-refractivity contribution in [2.24, 2.45) is 0 Å². The van der Waals surface area contributed by atoms with Gasteiger partial charge in [0.25, 0.3) is 0 Å². The largest absolute Gasteiger partial charge is 0.381 e. The fourth-order valence-corrected chi connectivity index (χ4v) is 1.94. The summed E-state index contributed by atoms with van der Waals surface area (Å²) >= 11 is 5.81. The zero-order valence-electron chi connectivity index (χ0n) is 9.91. The van der Waals surface area contributed by atoms with Gasteiger partial charge in [-0.2, -0.15) is 0 Å². The molecule has 0 atom stereocenters. The summed E-state index contributed by atoms with van der Waals surface area (Å²) in [6.07, 6.45) is 0. The minimum atomic E-state index is 0.555. The van der Waals surface area contributed by atoms with Crippen LogP contribution in [0.2, 0.25) is 0 Å². The van der Waals surface area contributed by atoms with Crippen molar-refractivity contribution in [3.05, 3.63) is 65.2 Å². The van der Waals surface area contributed by atoms with E-state index >= 15 is 0 Å². The van der Waals surface area contributed by atoms with Crippen LogP contribution in [0.5, 0.6) is 0 Å². The van der Waals surface area contributed by atoms with Crippen LogP contribution in [-0.2, 0) is 12.4 Å². The molecule has 1 N–H and O–H groups in total. The molecule has 1 nitrogen and oxygen atoms in total. The second kappa shape index (κ2) is 5.74. The molecular weight excluding hydrogens is 230 g/mol. The van der Waals surface area contributed by atoms with Gasteiger partial charge >= 0.3 is 0 Å². The zero-order valence-corrected chi connectivity index (χ0v) is 10.7. The molecular formula is C15H16ClN. The fraction of sp³-hybridized carbons (Fsp3) is 0.200. The second-order valence-electron chi connectivity index (χ2n) is 4.11. The van der Waals surface area contributed by atoms with E-state index in [-0.39, 0.29) is 0 Å². The quantitative estimate of drug-likeness (QED) is 0.790. The molecule has 2 aromatic carbocycles. The number of nitrogens with one attached hydrogen (secondary N) is 1. The average Bonchev–Trinajstić information content (AvgIpc) is 2.38. The Morgan fingerprint density at radius 2 is 1.88 bits per heavy atom. The number of alkyl halides is 1. The van der Waals surface area contributed by atoms with Crippen LogP contribution in [0.4, 0.5) is 5.69 Å². The lowest BCUT2D eigenvalue weighted by molar-refractivity contribution is 1.12. The van der Waals surface area contributed by atoms with E-state index in [9.17, 15) is 0 Å². The molecule has 0 saturated heterocycles. The number of halogens is 1. The van der Waals surface area contributed by atoms with Crippen molar-refractivity contribution >= 4 is 17.3 Å². The molecule has 2 rings (SSSR count). The minimum absolute atomic E-state index is 0.555. The third-order valence-corrected chi connectivity index (χ3v) is 3.13. The number of rotatable bonds is 4. The Morgan fingerprint density at radius 3 is 2.65 bits per heavy atom. The highest BCUT2D eigenvalue weighted by Crippen LogP contribution is 2.15. The van der Waals surface area contributed by atoms with Crippen LogP contribution in [0.15, 0.2) is 48.5 Å². The summed E-state index contributed by atoms with van der Waals surface area (Å²) in [5.74, 6) is 0.555. The van der Waals surface area contributed by atoms with E-state index in [0.717, 1.165) is 17.8 Å². The van der Waals surface area contributed by atoms with Crippen molar-refractivity contribution in [3.8, 4) is 0 Å². The number of hydrogen-bond donors (Lipinski definition) is 1. The Kier molecular flexibility index (Phi) is 4.05. The van der Waals surface area contributed by atoms with Crippen molar-refractivity contribution < 1.29 is 0 Å². The van der Waals surface area contributed by atoms with Gasteiger partial charge in [-0.25, -0.2) is 0 Å². The average molecular weight is 246 g/mol. The van der Waals surface area contributed by atoms with Crippen LogP contribution in [0.25, 0.3) is 0 Å². The van der Waals surface area contributed by atoms with Gasteiger partial charge < -0.3 is 5.32 Å². The summed E-state index contributed by atoms with van der Waals surface area (Å²) < 4.78 is 0. The van der Waals surface area contributed by atoms with Crippen LogP contribution in [0.1, 0.15) is 16.7 Å². The molecule has 0 spiro atoms. The summed E-state index contributed by atoms with van der Waals surface area (Å²) in [5, 5.41) is 3.42. The maximum Gasteiger partial charge on any atom is 0.0474 e. The molecule has 88 valence electrons. The van der Waals surface area contributed by atoms with E-state index in [0.29, 0.717) is 5.88 Å². The van der Waals surface area contributed by atoms with E-state index in [1.165, 1.54) is 11.1 Å². The Labute approximate surface area is 107 Å². The van der Waals surface area contributed by atoms with E-state index < -0.39 is 0 Å². The van der Waals surface area contributed by atoms with Crippen LogP contribution in [-0.4, -0.2) is 0 Å². The van der Waals surface area contributed by atoms with Gasteiger partial charge in [-0.05, 0) is 35.7 Å². The van der Waals surface area contributed by atoms with Gasteiger partial charge in [-0.15, -0.1) is 11.6 Å². The summed E-state index contributed by atoms with van der Waals surface area (Å²) in [5.41, 5.74) is 4.89. The first-order valence-corrected chi connectivity index (χ1v) is 6.26. The van der Waals surface area contributed by atoms with Crippen molar-refractivity contribution in [2.45, 2.75) is 19.3 Å². The molecule has 2 heteroatoms. The Morgan fingerprint density at radius 1 is 1.06 bits per heavy atom. The van der Waals surface area contributed by atoms with Gasteiger partial charge in [0, 0.05) is 18.1 Å². The highest BCUT2D eigenvalue weighted by atomic mass is 35.5. The lowest BCUT2D eigenvalue weighted by Crippen LogP contribution is -2.01. The van der Waals surface area contributed by atoms with Crippen LogP contribution in [0.3, 0.4) is 0 Å². The Hall–Kier alpha value is -1.47. The van der Waals surface area contributed by atoms with Crippen molar-refractivity contribution in [1.82, 2.24) is 0 Å². The van der Waals surface area contributed by atoms with E-state index in [1.54, 1.807) is 0 Å². The highest BCUT2D eigenvalue weighted by Gasteiger charge is 1.98. The molecule has 0 bridgehead atoms. The molecule has 0 radical (unpaired) electrons. The molecule has 0 aliphatic heterocycles. The first kappa shape index (κ1) is 12.0. The third kappa shape index (κ3) is 3.24.